The third-order valence-corrected chi connectivity index (χ3v) is 4.78. The number of phenols is 3. The van der Waals surface area contributed by atoms with Crippen LogP contribution in [0.15, 0.2) is 71.7 Å². The molecule has 29 heavy (non-hydrogen) atoms. The highest BCUT2D eigenvalue weighted by Gasteiger charge is 2.19. The van der Waals surface area contributed by atoms with E-state index in [1.165, 1.54) is 0 Å². The first-order valence-corrected chi connectivity index (χ1v) is 8.93. The highest BCUT2D eigenvalue weighted by Crippen LogP contribution is 2.36. The highest BCUT2D eigenvalue weighted by molar-refractivity contribution is 6.09. The predicted molar refractivity (Wildman–Crippen MR) is 111 cm³/mol. The highest BCUT2D eigenvalue weighted by atomic mass is 16.3. The van der Waals surface area contributed by atoms with E-state index in [0.29, 0.717) is 5.58 Å². The Morgan fingerprint density at radius 1 is 0.828 bits per heavy atom. The van der Waals surface area contributed by atoms with Crippen LogP contribution >= 0.6 is 0 Å². The molecule has 0 aliphatic heterocycles. The topological polar surface area (TPSA) is 90.9 Å². The number of aromatic hydroxyl groups is 3. The molecular weight excluding hydrogens is 368 g/mol. The van der Waals surface area contributed by atoms with E-state index in [-0.39, 0.29) is 11.3 Å². The second kappa shape index (κ2) is 6.87. The van der Waals surface area contributed by atoms with Crippen LogP contribution in [-0.2, 0) is 0 Å². The Bertz CT molecular complexity index is 1240. The second-order valence-corrected chi connectivity index (χ2v) is 6.91. The Kier molecular flexibility index (Phi) is 4.35. The number of hydrogen-bond acceptors (Lipinski definition) is 5. The minimum atomic E-state index is -0.673. The van der Waals surface area contributed by atoms with Gasteiger partial charge < -0.3 is 19.7 Å². The number of rotatable bonds is 4. The van der Waals surface area contributed by atoms with Gasteiger partial charge >= 0.3 is 0 Å². The molecule has 1 aromatic heterocycles. The fourth-order valence-electron chi connectivity index (χ4n) is 3.16. The summed E-state index contributed by atoms with van der Waals surface area (Å²) in [5, 5.41) is 29.5. The van der Waals surface area contributed by atoms with E-state index >= 15 is 0 Å². The number of allylic oxidation sites excluding steroid dienone is 1. The van der Waals surface area contributed by atoms with Crippen molar-refractivity contribution in [1.29, 1.82) is 0 Å². The fourth-order valence-corrected chi connectivity index (χ4v) is 3.16. The van der Waals surface area contributed by atoms with E-state index in [4.69, 9.17) is 4.42 Å². The molecule has 3 N–H and O–H groups in total. The van der Waals surface area contributed by atoms with E-state index in [1.807, 2.05) is 43.3 Å². The van der Waals surface area contributed by atoms with E-state index in [2.05, 4.69) is 6.58 Å². The average molecular weight is 386 g/mol. The first kappa shape index (κ1) is 18.4. The predicted octanol–water partition coefficient (Wildman–Crippen LogP) is 5.48. The Labute approximate surface area is 166 Å². The van der Waals surface area contributed by atoms with Crippen LogP contribution in [0.4, 0.5) is 0 Å². The molecule has 0 bridgehead atoms. The molecule has 0 amide bonds. The first-order valence-electron chi connectivity index (χ1n) is 8.93. The van der Waals surface area contributed by atoms with Crippen LogP contribution in [-0.4, -0.2) is 21.1 Å². The van der Waals surface area contributed by atoms with Gasteiger partial charge in [-0.3, -0.25) is 4.79 Å². The summed E-state index contributed by atoms with van der Waals surface area (Å²) in [5.41, 5.74) is 4.63. The second-order valence-electron chi connectivity index (χ2n) is 6.91. The Balaban J connectivity index is 1.70. The molecule has 0 radical (unpaired) electrons. The van der Waals surface area contributed by atoms with Crippen molar-refractivity contribution < 1.29 is 24.5 Å². The SMILES string of the molecule is C=C(C)c1ccc(-c2ccc3oc(C(=O)c4cc(O)c(O)c(O)c4)cc3c2)cc1. The zero-order valence-electron chi connectivity index (χ0n) is 15.6. The van der Waals surface area contributed by atoms with E-state index in [1.54, 1.807) is 12.1 Å². The third-order valence-electron chi connectivity index (χ3n) is 4.78. The molecule has 4 aromatic rings. The molecule has 0 fully saturated rings. The number of hydrogen-bond donors (Lipinski definition) is 3. The number of carbonyl (C=O) groups excluding carboxylic acids is 1. The van der Waals surface area contributed by atoms with E-state index in [9.17, 15) is 20.1 Å². The van der Waals surface area contributed by atoms with Gasteiger partial charge in [-0.25, -0.2) is 0 Å². The summed E-state index contributed by atoms with van der Waals surface area (Å²) in [7, 11) is 0. The van der Waals surface area contributed by atoms with Gasteiger partial charge in [-0.15, -0.1) is 0 Å². The minimum Gasteiger partial charge on any atom is -0.504 e. The minimum absolute atomic E-state index is 0.00691. The molecule has 0 saturated carbocycles. The van der Waals surface area contributed by atoms with Crippen molar-refractivity contribution in [2.75, 3.05) is 0 Å². The van der Waals surface area contributed by atoms with Crippen LogP contribution in [0.25, 0.3) is 27.7 Å². The van der Waals surface area contributed by atoms with Crippen molar-refractivity contribution >= 4 is 22.3 Å². The molecule has 0 aliphatic rings. The van der Waals surface area contributed by atoms with Crippen LogP contribution in [0.5, 0.6) is 17.2 Å². The number of benzene rings is 3. The van der Waals surface area contributed by atoms with Gasteiger partial charge in [-0.1, -0.05) is 42.5 Å². The molecule has 0 spiro atoms. The smallest absolute Gasteiger partial charge is 0.228 e. The lowest BCUT2D eigenvalue weighted by atomic mass is 10.0. The summed E-state index contributed by atoms with van der Waals surface area (Å²) in [4.78, 5) is 12.7. The maximum absolute atomic E-state index is 12.7. The Morgan fingerprint density at radius 2 is 1.45 bits per heavy atom. The lowest BCUT2D eigenvalue weighted by Gasteiger charge is -2.04. The Hall–Kier alpha value is -3.99. The number of fused-ring (bicyclic) bond motifs is 1. The molecule has 3 aromatic carbocycles. The van der Waals surface area contributed by atoms with Crippen molar-refractivity contribution in [1.82, 2.24) is 0 Å². The zero-order valence-corrected chi connectivity index (χ0v) is 15.6. The molecule has 144 valence electrons. The first-order chi connectivity index (χ1) is 13.8. The maximum atomic E-state index is 12.7. The lowest BCUT2D eigenvalue weighted by molar-refractivity contribution is 0.101. The normalized spacial score (nSPS) is 10.9. The van der Waals surface area contributed by atoms with Gasteiger partial charge in [0.15, 0.2) is 23.0 Å². The van der Waals surface area contributed by atoms with E-state index in [0.717, 1.165) is 39.8 Å². The molecule has 5 heteroatoms. The number of carbonyl (C=O) groups is 1. The summed E-state index contributed by atoms with van der Waals surface area (Å²) in [6.45, 7) is 5.90. The van der Waals surface area contributed by atoms with Gasteiger partial charge in [0.2, 0.25) is 5.78 Å². The van der Waals surface area contributed by atoms with Crippen molar-refractivity contribution in [2.24, 2.45) is 0 Å². The maximum Gasteiger partial charge on any atom is 0.228 e. The summed E-state index contributed by atoms with van der Waals surface area (Å²) in [6, 6.07) is 17.5. The zero-order chi connectivity index (χ0) is 20.7. The van der Waals surface area contributed by atoms with E-state index < -0.39 is 23.0 Å². The van der Waals surface area contributed by atoms with Gasteiger partial charge in [0.25, 0.3) is 0 Å². The molecule has 0 atom stereocenters. The molecular formula is C24H18O5. The largest absolute Gasteiger partial charge is 0.504 e. The average Bonchev–Trinajstić information content (AvgIpc) is 3.14. The number of furan rings is 1. The third kappa shape index (κ3) is 3.34. The standard InChI is InChI=1S/C24H18O5/c1-13(2)14-3-5-15(6-4-14)16-7-8-21-17(9-16)12-22(29-21)23(27)18-10-19(25)24(28)20(26)11-18/h3-12,25-26,28H,1H2,2H3. The molecule has 0 unspecified atom stereocenters. The summed E-state index contributed by atoms with van der Waals surface area (Å²) in [6.07, 6.45) is 0. The van der Waals surface area contributed by atoms with Crippen LogP contribution < -0.4 is 0 Å². The van der Waals surface area contributed by atoms with Gasteiger partial charge in [0, 0.05) is 10.9 Å². The van der Waals surface area contributed by atoms with Crippen LogP contribution in [0.3, 0.4) is 0 Å². The van der Waals surface area contributed by atoms with Crippen molar-refractivity contribution in [2.45, 2.75) is 6.92 Å². The summed E-state index contributed by atoms with van der Waals surface area (Å²) < 4.78 is 5.65. The van der Waals surface area contributed by atoms with Gasteiger partial charge in [0.05, 0.1) is 0 Å². The summed E-state index contributed by atoms with van der Waals surface area (Å²) >= 11 is 0. The molecule has 0 aliphatic carbocycles. The molecule has 5 nitrogen and oxygen atoms in total. The monoisotopic (exact) mass is 386 g/mol. The van der Waals surface area contributed by atoms with Crippen LogP contribution in [0.1, 0.15) is 28.6 Å². The lowest BCUT2D eigenvalue weighted by Crippen LogP contribution is -1.99. The number of ketones is 1. The molecule has 4 rings (SSSR count). The van der Waals surface area contributed by atoms with Crippen molar-refractivity contribution in [3.63, 3.8) is 0 Å². The van der Waals surface area contributed by atoms with Gasteiger partial charge in [0.1, 0.15) is 5.58 Å². The van der Waals surface area contributed by atoms with Crippen molar-refractivity contribution in [3.8, 4) is 28.4 Å². The molecule has 1 heterocycles. The Morgan fingerprint density at radius 3 is 2.07 bits per heavy atom. The summed E-state index contributed by atoms with van der Waals surface area (Å²) in [5.74, 6) is -2.28. The quantitative estimate of drug-likeness (QED) is 0.319. The van der Waals surface area contributed by atoms with Crippen molar-refractivity contribution in [3.05, 3.63) is 84.1 Å². The van der Waals surface area contributed by atoms with Crippen LogP contribution in [0.2, 0.25) is 0 Å². The van der Waals surface area contributed by atoms with Gasteiger partial charge in [-0.05, 0) is 53.9 Å². The van der Waals surface area contributed by atoms with Crippen LogP contribution in [0, 0.1) is 0 Å². The molecule has 0 saturated heterocycles. The van der Waals surface area contributed by atoms with Gasteiger partial charge in [-0.2, -0.15) is 0 Å². The number of phenolic OH excluding ortho intramolecular Hbond substituents is 3. The fraction of sp³-hybridized carbons (Fsp3) is 0.0417.